The van der Waals surface area contributed by atoms with Crippen LogP contribution in [0.1, 0.15) is 5.56 Å². The highest BCUT2D eigenvalue weighted by atomic mass is 79.9. The molecule has 0 radical (unpaired) electrons. The lowest BCUT2D eigenvalue weighted by Crippen LogP contribution is -2.01. The van der Waals surface area contributed by atoms with Crippen LogP contribution in [-0.2, 0) is 6.54 Å². The Morgan fingerprint density at radius 3 is 2.75 bits per heavy atom. The molecule has 0 aliphatic carbocycles. The van der Waals surface area contributed by atoms with Crippen molar-refractivity contribution in [2.75, 3.05) is 5.32 Å². The Hall–Kier alpha value is -1.88. The van der Waals surface area contributed by atoms with Gasteiger partial charge in [0.05, 0.1) is 16.4 Å². The van der Waals surface area contributed by atoms with E-state index >= 15 is 0 Å². The Morgan fingerprint density at radius 2 is 1.90 bits per heavy atom. The predicted molar refractivity (Wildman–Crippen MR) is 77.6 cm³/mol. The lowest BCUT2D eigenvalue weighted by molar-refractivity contribution is 0.596. The van der Waals surface area contributed by atoms with E-state index in [1.54, 1.807) is 6.26 Å². The van der Waals surface area contributed by atoms with Crippen LogP contribution in [0.15, 0.2) is 51.6 Å². The lowest BCUT2D eigenvalue weighted by atomic mass is 10.2. The molecule has 0 saturated carbocycles. The van der Waals surface area contributed by atoms with Gasteiger partial charge in [-0.2, -0.15) is 0 Å². The van der Waals surface area contributed by atoms with E-state index in [2.05, 4.69) is 21.2 Å². The van der Waals surface area contributed by atoms with Gasteiger partial charge in [-0.25, -0.2) is 8.78 Å². The second-order valence-corrected chi connectivity index (χ2v) is 5.21. The number of hydrogen-bond donors (Lipinski definition) is 1. The molecule has 0 spiro atoms. The Labute approximate surface area is 122 Å². The Morgan fingerprint density at radius 1 is 1.10 bits per heavy atom. The summed E-state index contributed by atoms with van der Waals surface area (Å²) in [6, 6.07) is 9.80. The molecule has 0 saturated heterocycles. The molecule has 1 heterocycles. The van der Waals surface area contributed by atoms with Gasteiger partial charge in [0.1, 0.15) is 17.2 Å². The van der Waals surface area contributed by atoms with Crippen LogP contribution >= 0.6 is 15.9 Å². The van der Waals surface area contributed by atoms with E-state index < -0.39 is 11.6 Å². The van der Waals surface area contributed by atoms with Gasteiger partial charge in [0.25, 0.3) is 0 Å². The van der Waals surface area contributed by atoms with Crippen LogP contribution < -0.4 is 5.32 Å². The molecule has 3 aromatic rings. The summed E-state index contributed by atoms with van der Waals surface area (Å²) in [6.45, 7) is 0.356. The van der Waals surface area contributed by atoms with E-state index in [9.17, 15) is 8.78 Å². The second-order valence-electron chi connectivity index (χ2n) is 4.36. The van der Waals surface area contributed by atoms with Crippen LogP contribution in [0.25, 0.3) is 11.0 Å². The summed E-state index contributed by atoms with van der Waals surface area (Å²) in [7, 11) is 0. The monoisotopic (exact) mass is 337 g/mol. The fourth-order valence-corrected chi connectivity index (χ4v) is 2.33. The number of para-hydroxylation sites is 1. The highest BCUT2D eigenvalue weighted by Crippen LogP contribution is 2.25. The zero-order chi connectivity index (χ0) is 14.1. The van der Waals surface area contributed by atoms with Gasteiger partial charge in [0.15, 0.2) is 0 Å². The molecule has 0 unspecified atom stereocenters. The third-order valence-corrected chi connectivity index (χ3v) is 3.65. The molecule has 3 rings (SSSR count). The summed E-state index contributed by atoms with van der Waals surface area (Å²) in [4.78, 5) is 0. The molecule has 1 aromatic heterocycles. The van der Waals surface area contributed by atoms with Crippen molar-refractivity contribution >= 4 is 32.6 Å². The van der Waals surface area contributed by atoms with Crippen LogP contribution in [0.5, 0.6) is 0 Å². The van der Waals surface area contributed by atoms with Crippen LogP contribution in [0.3, 0.4) is 0 Å². The van der Waals surface area contributed by atoms with Crippen molar-refractivity contribution in [1.82, 2.24) is 0 Å². The van der Waals surface area contributed by atoms with E-state index in [4.69, 9.17) is 4.42 Å². The molecule has 2 aromatic carbocycles. The lowest BCUT2D eigenvalue weighted by Gasteiger charge is -2.07. The zero-order valence-corrected chi connectivity index (χ0v) is 11.9. The second kappa shape index (κ2) is 5.25. The predicted octanol–water partition coefficient (Wildman–Crippen LogP) is 5.09. The largest absolute Gasteiger partial charge is 0.464 e. The van der Waals surface area contributed by atoms with Gasteiger partial charge in [0, 0.05) is 23.6 Å². The van der Waals surface area contributed by atoms with Crippen molar-refractivity contribution in [3.05, 3.63) is 64.3 Å². The molecule has 5 heteroatoms. The molecule has 0 aliphatic rings. The van der Waals surface area contributed by atoms with Crippen LogP contribution in [0, 0.1) is 11.6 Å². The van der Waals surface area contributed by atoms with Crippen molar-refractivity contribution in [2.45, 2.75) is 6.54 Å². The van der Waals surface area contributed by atoms with Crippen LogP contribution in [0.4, 0.5) is 14.5 Å². The Balaban J connectivity index is 1.85. The third-order valence-electron chi connectivity index (χ3n) is 3.04. The number of benzene rings is 2. The molecule has 0 fully saturated rings. The number of furan rings is 1. The van der Waals surface area contributed by atoms with E-state index in [-0.39, 0.29) is 10.2 Å². The number of hydrogen-bond acceptors (Lipinski definition) is 2. The highest BCUT2D eigenvalue weighted by molar-refractivity contribution is 9.10. The Kier molecular flexibility index (Phi) is 3.44. The van der Waals surface area contributed by atoms with Crippen molar-refractivity contribution in [2.24, 2.45) is 0 Å². The van der Waals surface area contributed by atoms with Crippen LogP contribution in [0.2, 0.25) is 0 Å². The topological polar surface area (TPSA) is 25.2 Å². The SMILES string of the molecule is Fc1cc(NCc2coc3ccccc23)c(F)cc1Br. The fourth-order valence-electron chi connectivity index (χ4n) is 2.02. The zero-order valence-electron chi connectivity index (χ0n) is 10.3. The van der Waals surface area contributed by atoms with Gasteiger partial charge < -0.3 is 9.73 Å². The number of rotatable bonds is 3. The summed E-state index contributed by atoms with van der Waals surface area (Å²) >= 11 is 2.94. The molecule has 0 aliphatic heterocycles. The molecule has 0 atom stereocenters. The maximum atomic E-state index is 13.7. The van der Waals surface area contributed by atoms with Crippen molar-refractivity contribution in [3.63, 3.8) is 0 Å². The molecule has 0 bridgehead atoms. The minimum absolute atomic E-state index is 0.106. The maximum Gasteiger partial charge on any atom is 0.147 e. The van der Waals surface area contributed by atoms with E-state index in [1.807, 2.05) is 24.3 Å². The number of fused-ring (bicyclic) bond motifs is 1. The van der Waals surface area contributed by atoms with E-state index in [0.717, 1.165) is 28.7 Å². The summed E-state index contributed by atoms with van der Waals surface area (Å²) < 4.78 is 32.6. The van der Waals surface area contributed by atoms with Crippen LogP contribution in [-0.4, -0.2) is 0 Å². The van der Waals surface area contributed by atoms with Crippen molar-refractivity contribution < 1.29 is 13.2 Å². The quantitative estimate of drug-likeness (QED) is 0.673. The first-order valence-corrected chi connectivity index (χ1v) is 6.78. The molecule has 102 valence electrons. The molecular weight excluding hydrogens is 328 g/mol. The maximum absolute atomic E-state index is 13.7. The number of anilines is 1. The number of nitrogens with one attached hydrogen (secondary N) is 1. The first kappa shape index (κ1) is 13.1. The van der Waals surface area contributed by atoms with E-state index in [0.29, 0.717) is 6.54 Å². The summed E-state index contributed by atoms with van der Waals surface area (Å²) in [5.41, 5.74) is 1.78. The van der Waals surface area contributed by atoms with Gasteiger partial charge in [-0.3, -0.25) is 0 Å². The van der Waals surface area contributed by atoms with Gasteiger partial charge in [-0.1, -0.05) is 18.2 Å². The summed E-state index contributed by atoms with van der Waals surface area (Å²) in [6.07, 6.45) is 1.62. The summed E-state index contributed by atoms with van der Waals surface area (Å²) in [5.74, 6) is -1.02. The van der Waals surface area contributed by atoms with Gasteiger partial charge in [-0.15, -0.1) is 0 Å². The minimum Gasteiger partial charge on any atom is -0.464 e. The minimum atomic E-state index is -0.508. The highest BCUT2D eigenvalue weighted by Gasteiger charge is 2.09. The van der Waals surface area contributed by atoms with Gasteiger partial charge >= 0.3 is 0 Å². The normalized spacial score (nSPS) is 10.9. The third kappa shape index (κ3) is 2.41. The van der Waals surface area contributed by atoms with Crippen molar-refractivity contribution in [1.29, 1.82) is 0 Å². The van der Waals surface area contributed by atoms with E-state index in [1.165, 1.54) is 0 Å². The molecule has 20 heavy (non-hydrogen) atoms. The molecule has 1 N–H and O–H groups in total. The summed E-state index contributed by atoms with van der Waals surface area (Å²) in [5, 5.41) is 3.84. The fraction of sp³-hybridized carbons (Fsp3) is 0.0667. The average Bonchev–Trinajstić information content (AvgIpc) is 2.85. The molecule has 2 nitrogen and oxygen atoms in total. The molecule has 0 amide bonds. The molecular formula is C15H10BrF2NO. The smallest absolute Gasteiger partial charge is 0.147 e. The van der Waals surface area contributed by atoms with Gasteiger partial charge in [-0.05, 0) is 28.1 Å². The van der Waals surface area contributed by atoms with Gasteiger partial charge in [0.2, 0.25) is 0 Å². The Bertz CT molecular complexity index is 770. The number of halogens is 3. The average molecular weight is 338 g/mol. The standard InChI is InChI=1S/C15H10BrF2NO/c16-11-5-13(18)14(6-12(11)17)19-7-9-8-20-15-4-2-1-3-10(9)15/h1-6,8,19H,7H2. The first-order chi connectivity index (χ1) is 9.65. The van der Waals surface area contributed by atoms with Crippen molar-refractivity contribution in [3.8, 4) is 0 Å². The first-order valence-electron chi connectivity index (χ1n) is 5.98.